The molecule has 0 unspecified atom stereocenters. The van der Waals surface area contributed by atoms with Gasteiger partial charge in [0, 0.05) is 44.5 Å². The zero-order valence-corrected chi connectivity index (χ0v) is 22.2. The van der Waals surface area contributed by atoms with Crippen LogP contribution in [0.2, 0.25) is 0 Å². The summed E-state index contributed by atoms with van der Waals surface area (Å²) in [6.07, 6.45) is -1.06. The van der Waals surface area contributed by atoms with Crippen molar-refractivity contribution in [3.05, 3.63) is 58.4 Å². The normalized spacial score (nSPS) is 21.2. The largest absolute Gasteiger partial charge is 0.491 e. The van der Waals surface area contributed by atoms with Gasteiger partial charge >= 0.3 is 6.18 Å². The zero-order chi connectivity index (χ0) is 27.4. The number of halogens is 3. The summed E-state index contributed by atoms with van der Waals surface area (Å²) in [5, 5.41) is 13.2. The Morgan fingerprint density at radius 3 is 2.66 bits per heavy atom. The zero-order valence-electron chi connectivity index (χ0n) is 22.2. The molecule has 38 heavy (non-hydrogen) atoms. The molecule has 1 amide bonds. The maximum absolute atomic E-state index is 13.0. The van der Waals surface area contributed by atoms with Crippen molar-refractivity contribution in [2.75, 3.05) is 39.3 Å². The Labute approximate surface area is 222 Å². The molecule has 2 aliphatic heterocycles. The number of rotatable bonds is 8. The fourth-order valence-corrected chi connectivity index (χ4v) is 5.53. The fourth-order valence-electron chi connectivity index (χ4n) is 5.53. The quantitative estimate of drug-likeness (QED) is 0.531. The van der Waals surface area contributed by atoms with Crippen molar-refractivity contribution in [2.24, 2.45) is 0 Å². The maximum atomic E-state index is 13.0. The van der Waals surface area contributed by atoms with Crippen molar-refractivity contribution in [2.45, 2.75) is 64.4 Å². The Hall–Kier alpha value is -2.69. The number of piperazine rings is 1. The van der Waals surface area contributed by atoms with Crippen LogP contribution < -0.4 is 10.1 Å². The number of amides is 1. The number of likely N-dealkylation sites (N-methyl/N-ethyl adjacent to an activating group) is 1. The summed E-state index contributed by atoms with van der Waals surface area (Å²) in [4.78, 5) is 20.7. The number of ether oxygens (including phenoxy) is 1. The molecule has 1 aromatic heterocycles. The van der Waals surface area contributed by atoms with Crippen LogP contribution in [0.4, 0.5) is 13.2 Å². The highest BCUT2D eigenvalue weighted by atomic mass is 19.4. The molecule has 10 heteroatoms. The van der Waals surface area contributed by atoms with E-state index in [1.165, 1.54) is 17.2 Å². The number of hydrogen-bond donors (Lipinski definition) is 2. The van der Waals surface area contributed by atoms with Gasteiger partial charge in [0.2, 0.25) is 0 Å². The van der Waals surface area contributed by atoms with Gasteiger partial charge in [0.1, 0.15) is 24.2 Å². The average Bonchev–Trinajstić information content (AvgIpc) is 2.91. The van der Waals surface area contributed by atoms with E-state index in [9.17, 15) is 23.1 Å². The van der Waals surface area contributed by atoms with Crippen molar-refractivity contribution in [1.29, 1.82) is 0 Å². The second-order valence-electron chi connectivity index (χ2n) is 10.2. The van der Waals surface area contributed by atoms with Crippen molar-refractivity contribution < 1.29 is 27.8 Å². The molecule has 0 aliphatic carbocycles. The van der Waals surface area contributed by atoms with Crippen molar-refractivity contribution >= 4 is 5.91 Å². The highest BCUT2D eigenvalue weighted by Gasteiger charge is 2.38. The van der Waals surface area contributed by atoms with Crippen molar-refractivity contribution in [3.63, 3.8) is 0 Å². The summed E-state index contributed by atoms with van der Waals surface area (Å²) in [5.41, 5.74) is 2.66. The average molecular weight is 535 g/mol. The lowest BCUT2D eigenvalue weighted by atomic mass is 9.86. The van der Waals surface area contributed by atoms with Gasteiger partial charge in [-0.05, 0) is 74.5 Å². The number of aliphatic hydroxyl groups is 1. The Balaban J connectivity index is 1.42. The number of hydrogen-bond acceptors (Lipinski definition) is 6. The van der Waals surface area contributed by atoms with E-state index in [4.69, 9.17) is 4.74 Å². The summed E-state index contributed by atoms with van der Waals surface area (Å²) in [6, 6.07) is 6.59. The van der Waals surface area contributed by atoms with Crippen LogP contribution in [0.1, 0.15) is 65.0 Å². The van der Waals surface area contributed by atoms with Gasteiger partial charge < -0.3 is 20.1 Å². The third-order valence-corrected chi connectivity index (χ3v) is 7.73. The molecule has 2 fully saturated rings. The van der Waals surface area contributed by atoms with Crippen LogP contribution in [-0.2, 0) is 6.18 Å². The Bertz CT molecular complexity index is 1110. The number of carbonyl (C=O) groups is 1. The summed E-state index contributed by atoms with van der Waals surface area (Å²) in [6.45, 7) is 9.39. The number of nitrogens with one attached hydrogen (secondary N) is 1. The van der Waals surface area contributed by atoms with E-state index in [1.807, 2.05) is 19.9 Å². The van der Waals surface area contributed by atoms with Crippen LogP contribution >= 0.6 is 0 Å². The first-order chi connectivity index (χ1) is 18.1. The topological polar surface area (TPSA) is 77.9 Å². The lowest BCUT2D eigenvalue weighted by Crippen LogP contribution is -2.57. The number of pyridine rings is 1. The predicted octanol–water partition coefficient (Wildman–Crippen LogP) is 4.12. The van der Waals surface area contributed by atoms with Crippen LogP contribution in [0.15, 0.2) is 30.5 Å². The van der Waals surface area contributed by atoms with E-state index in [1.54, 1.807) is 4.90 Å². The van der Waals surface area contributed by atoms with Gasteiger partial charge in [0.15, 0.2) is 0 Å². The van der Waals surface area contributed by atoms with Crippen LogP contribution in [0.25, 0.3) is 0 Å². The summed E-state index contributed by atoms with van der Waals surface area (Å²) < 4.78 is 44.4. The SMILES string of the molecule is CCNC[C@@H](O)COc1ccc([C@H]2CCC[C@H]3CN(C(=O)c4ccc(C(F)(F)F)nc4)CCN32)c(C)c1C. The monoisotopic (exact) mass is 534 g/mol. The lowest BCUT2D eigenvalue weighted by Gasteiger charge is -2.48. The van der Waals surface area contributed by atoms with Crippen LogP contribution in [0.3, 0.4) is 0 Å². The molecule has 1 aromatic carbocycles. The molecule has 3 heterocycles. The Morgan fingerprint density at radius 1 is 1.18 bits per heavy atom. The van der Waals surface area contributed by atoms with E-state index in [0.29, 0.717) is 26.2 Å². The molecule has 4 rings (SSSR count). The van der Waals surface area contributed by atoms with E-state index >= 15 is 0 Å². The molecule has 0 saturated carbocycles. The first-order valence-corrected chi connectivity index (χ1v) is 13.3. The van der Waals surface area contributed by atoms with E-state index in [-0.39, 0.29) is 30.2 Å². The standard InChI is InChI=1S/C28H37F3N4O3/c1-4-32-15-22(36)17-38-25-10-9-23(18(2)19(25)3)24-7-5-6-21-16-34(12-13-35(21)24)27(37)20-8-11-26(33-14-20)28(29,30)31/h8-11,14,21-22,24,32,36H,4-7,12-13,15-17H2,1-3H3/t21-,22+,24+/m0/s1. The van der Waals surface area contributed by atoms with Gasteiger partial charge in [-0.3, -0.25) is 14.7 Å². The third kappa shape index (κ3) is 6.30. The molecule has 3 atom stereocenters. The van der Waals surface area contributed by atoms with Crippen LogP contribution in [-0.4, -0.2) is 77.3 Å². The fraction of sp³-hybridized carbons (Fsp3) is 0.571. The molecule has 2 saturated heterocycles. The molecule has 0 bridgehead atoms. The van der Waals surface area contributed by atoms with Gasteiger partial charge in [0.25, 0.3) is 5.91 Å². The van der Waals surface area contributed by atoms with Gasteiger partial charge in [-0.15, -0.1) is 0 Å². The first kappa shape index (κ1) is 28.3. The number of fused-ring (bicyclic) bond motifs is 1. The smallest absolute Gasteiger partial charge is 0.433 e. The van der Waals surface area contributed by atoms with E-state index in [2.05, 4.69) is 28.2 Å². The number of piperidine rings is 1. The second-order valence-corrected chi connectivity index (χ2v) is 10.2. The van der Waals surface area contributed by atoms with Gasteiger partial charge in [-0.25, -0.2) is 0 Å². The third-order valence-electron chi connectivity index (χ3n) is 7.73. The molecule has 2 N–H and O–H groups in total. The second kappa shape index (κ2) is 12.0. The molecule has 0 radical (unpaired) electrons. The van der Waals surface area contributed by atoms with Crippen LogP contribution in [0, 0.1) is 13.8 Å². The number of alkyl halides is 3. The van der Waals surface area contributed by atoms with Crippen molar-refractivity contribution in [3.8, 4) is 5.75 Å². The molecule has 7 nitrogen and oxygen atoms in total. The lowest BCUT2D eigenvalue weighted by molar-refractivity contribution is -0.141. The maximum Gasteiger partial charge on any atom is 0.433 e. The Kier molecular flexibility index (Phi) is 8.95. The minimum atomic E-state index is -4.53. The number of aromatic nitrogens is 1. The van der Waals surface area contributed by atoms with Gasteiger partial charge in [0.05, 0.1) is 5.56 Å². The minimum absolute atomic E-state index is 0.177. The summed E-state index contributed by atoms with van der Waals surface area (Å²) >= 11 is 0. The minimum Gasteiger partial charge on any atom is -0.491 e. The molecular formula is C28H37F3N4O3. The van der Waals surface area contributed by atoms with Crippen LogP contribution in [0.5, 0.6) is 5.75 Å². The predicted molar refractivity (Wildman–Crippen MR) is 138 cm³/mol. The highest BCUT2D eigenvalue weighted by Crippen LogP contribution is 2.39. The van der Waals surface area contributed by atoms with Crippen molar-refractivity contribution in [1.82, 2.24) is 20.1 Å². The summed E-state index contributed by atoms with van der Waals surface area (Å²) in [5.74, 6) is 0.493. The van der Waals surface area contributed by atoms with E-state index in [0.717, 1.165) is 49.4 Å². The molecule has 208 valence electrons. The van der Waals surface area contributed by atoms with Gasteiger partial charge in [-0.2, -0.15) is 13.2 Å². The Morgan fingerprint density at radius 2 is 1.97 bits per heavy atom. The number of benzene rings is 1. The van der Waals surface area contributed by atoms with Gasteiger partial charge in [-0.1, -0.05) is 13.0 Å². The number of carbonyl (C=O) groups excluding carboxylic acids is 1. The molecule has 2 aliphatic rings. The molecule has 2 aromatic rings. The number of aliphatic hydroxyl groups excluding tert-OH is 1. The van der Waals surface area contributed by atoms with E-state index < -0.39 is 18.0 Å². The molecule has 0 spiro atoms. The summed E-state index contributed by atoms with van der Waals surface area (Å²) in [7, 11) is 0. The number of nitrogens with zero attached hydrogens (tertiary/aromatic N) is 3. The molecular weight excluding hydrogens is 497 g/mol. The highest BCUT2D eigenvalue weighted by molar-refractivity contribution is 5.94. The first-order valence-electron chi connectivity index (χ1n) is 13.3.